The number of imidazole rings is 1. The van der Waals surface area contributed by atoms with Gasteiger partial charge in [-0.3, -0.25) is 4.79 Å². The van der Waals surface area contributed by atoms with E-state index in [-0.39, 0.29) is 11.6 Å². The van der Waals surface area contributed by atoms with Gasteiger partial charge in [-0.15, -0.1) is 0 Å². The predicted molar refractivity (Wildman–Crippen MR) is 107 cm³/mol. The van der Waals surface area contributed by atoms with Crippen molar-refractivity contribution in [1.82, 2.24) is 24.7 Å². The number of pyridine rings is 1. The smallest absolute Gasteiger partial charge is 0.258 e. The number of halogens is 1. The van der Waals surface area contributed by atoms with Gasteiger partial charge in [0.2, 0.25) is 5.95 Å². The van der Waals surface area contributed by atoms with Crippen molar-refractivity contribution < 1.29 is 9.18 Å². The molecular formula is C20H22FN7O. The summed E-state index contributed by atoms with van der Waals surface area (Å²) in [6.07, 6.45) is 9.97. The summed E-state index contributed by atoms with van der Waals surface area (Å²) in [4.78, 5) is 27.5. The number of carbonyl (C=O) groups excluding carboxylic acids is 1. The number of nitrogens with zero attached hydrogens (tertiary/aromatic N) is 5. The van der Waals surface area contributed by atoms with Gasteiger partial charge in [0.05, 0.1) is 16.9 Å². The summed E-state index contributed by atoms with van der Waals surface area (Å²) >= 11 is 0. The van der Waals surface area contributed by atoms with E-state index in [9.17, 15) is 9.18 Å². The van der Waals surface area contributed by atoms with Crippen LogP contribution in [0.1, 0.15) is 35.3 Å². The molecule has 2 N–H and O–H groups in total. The van der Waals surface area contributed by atoms with Gasteiger partial charge in [0.1, 0.15) is 0 Å². The summed E-state index contributed by atoms with van der Waals surface area (Å²) in [7, 11) is 0. The first-order valence-electron chi connectivity index (χ1n) is 9.84. The molecule has 3 aromatic heterocycles. The highest BCUT2D eigenvalue weighted by Crippen LogP contribution is 2.23. The number of hydrogen-bond donors (Lipinski definition) is 2. The Kier molecular flexibility index (Phi) is 4.39. The molecule has 9 heteroatoms. The minimum Gasteiger partial charge on any atom is -0.339 e. The van der Waals surface area contributed by atoms with Crippen LogP contribution in [0.25, 0.3) is 5.65 Å². The van der Waals surface area contributed by atoms with E-state index < -0.39 is 5.82 Å². The minimum absolute atomic E-state index is 0.230. The summed E-state index contributed by atoms with van der Waals surface area (Å²) < 4.78 is 15.7. The summed E-state index contributed by atoms with van der Waals surface area (Å²) in [5, 5.41) is 6.32. The van der Waals surface area contributed by atoms with Crippen molar-refractivity contribution >= 4 is 23.2 Å². The van der Waals surface area contributed by atoms with Crippen LogP contribution in [0.3, 0.4) is 0 Å². The first-order chi connectivity index (χ1) is 14.0. The third-order valence-electron chi connectivity index (χ3n) is 5.30. The van der Waals surface area contributed by atoms with E-state index in [2.05, 4.69) is 30.5 Å². The fourth-order valence-electron chi connectivity index (χ4n) is 3.71. The van der Waals surface area contributed by atoms with Gasteiger partial charge in [-0.2, -0.15) is 0 Å². The maximum Gasteiger partial charge on any atom is 0.258 e. The lowest BCUT2D eigenvalue weighted by Gasteiger charge is -2.17. The zero-order valence-electron chi connectivity index (χ0n) is 16.1. The second-order valence-corrected chi connectivity index (χ2v) is 7.79. The molecule has 2 aliphatic rings. The second-order valence-electron chi connectivity index (χ2n) is 7.79. The number of anilines is 2. The number of hydrogen-bond acceptors (Lipinski definition) is 6. The number of fused-ring (bicyclic) bond motifs is 1. The summed E-state index contributed by atoms with van der Waals surface area (Å²) in [6, 6.07) is 2.42. The Labute approximate surface area is 167 Å². The molecular weight excluding hydrogens is 373 g/mol. The van der Waals surface area contributed by atoms with Crippen molar-refractivity contribution in [3.63, 3.8) is 0 Å². The Hall–Kier alpha value is -3.07. The largest absolute Gasteiger partial charge is 0.339 e. The van der Waals surface area contributed by atoms with Crippen LogP contribution in [0.4, 0.5) is 16.0 Å². The molecule has 1 saturated heterocycles. The second kappa shape index (κ2) is 7.07. The van der Waals surface area contributed by atoms with Gasteiger partial charge >= 0.3 is 0 Å². The van der Waals surface area contributed by atoms with Crippen LogP contribution in [0.15, 0.2) is 30.9 Å². The molecule has 1 atom stereocenters. The molecule has 0 bridgehead atoms. The molecule has 1 saturated carbocycles. The zero-order valence-corrected chi connectivity index (χ0v) is 16.1. The maximum atomic E-state index is 14.2. The molecule has 1 aliphatic heterocycles. The highest BCUT2D eigenvalue weighted by molar-refractivity contribution is 6.03. The van der Waals surface area contributed by atoms with Crippen LogP contribution in [0.2, 0.25) is 0 Å². The SMILES string of the molecule is Cc1cn2cc(NC(=O)c3cnc(N4CCC(NC5CC5)C4)nc3)cc(F)c2n1. The van der Waals surface area contributed by atoms with Crippen molar-refractivity contribution in [1.29, 1.82) is 0 Å². The van der Waals surface area contributed by atoms with Crippen molar-refractivity contribution in [2.24, 2.45) is 0 Å². The van der Waals surface area contributed by atoms with Crippen LogP contribution in [-0.2, 0) is 0 Å². The van der Waals surface area contributed by atoms with Gasteiger partial charge in [0.15, 0.2) is 11.5 Å². The van der Waals surface area contributed by atoms with Gasteiger partial charge < -0.3 is 19.9 Å². The molecule has 150 valence electrons. The van der Waals surface area contributed by atoms with E-state index in [4.69, 9.17) is 0 Å². The molecule has 3 aromatic rings. The Bertz CT molecular complexity index is 1060. The van der Waals surface area contributed by atoms with E-state index in [0.29, 0.717) is 35.0 Å². The van der Waals surface area contributed by atoms with E-state index in [1.807, 2.05) is 0 Å². The molecule has 1 aliphatic carbocycles. The van der Waals surface area contributed by atoms with Gasteiger partial charge in [-0.25, -0.2) is 19.3 Å². The Balaban J connectivity index is 1.26. The predicted octanol–water partition coefficient (Wildman–Crippen LogP) is 2.15. The molecule has 0 spiro atoms. The van der Waals surface area contributed by atoms with E-state index in [1.54, 1.807) is 23.7 Å². The van der Waals surface area contributed by atoms with E-state index in [0.717, 1.165) is 19.5 Å². The highest BCUT2D eigenvalue weighted by Gasteiger charge is 2.30. The quantitative estimate of drug-likeness (QED) is 0.688. The van der Waals surface area contributed by atoms with Gasteiger partial charge in [-0.05, 0) is 26.2 Å². The van der Waals surface area contributed by atoms with Crippen LogP contribution in [0.5, 0.6) is 0 Å². The fraction of sp³-hybridized carbons (Fsp3) is 0.400. The Morgan fingerprint density at radius 2 is 1.97 bits per heavy atom. The van der Waals surface area contributed by atoms with Crippen LogP contribution < -0.4 is 15.5 Å². The summed E-state index contributed by atoms with van der Waals surface area (Å²) in [5.41, 5.74) is 1.60. The number of nitrogens with one attached hydrogen (secondary N) is 2. The van der Waals surface area contributed by atoms with Crippen molar-refractivity contribution in [3.8, 4) is 0 Å². The van der Waals surface area contributed by atoms with Crippen LogP contribution >= 0.6 is 0 Å². The average Bonchev–Trinajstić information content (AvgIpc) is 3.24. The van der Waals surface area contributed by atoms with Gasteiger partial charge in [-0.1, -0.05) is 0 Å². The standard InChI is InChI=1S/C20H22FN7O/c1-12-9-28-11-16(6-17(21)18(28)24-12)26-19(29)13-7-22-20(23-8-13)27-5-4-15(10-27)25-14-2-3-14/h6-9,11,14-15,25H,2-5,10H2,1H3,(H,26,29). The molecule has 5 rings (SSSR count). The number of rotatable bonds is 5. The first kappa shape index (κ1) is 18.0. The summed E-state index contributed by atoms with van der Waals surface area (Å²) in [6.45, 7) is 3.57. The summed E-state index contributed by atoms with van der Waals surface area (Å²) in [5.74, 6) is -0.254. The lowest BCUT2D eigenvalue weighted by atomic mass is 10.2. The van der Waals surface area contributed by atoms with Crippen LogP contribution in [-0.4, -0.2) is 50.4 Å². The topological polar surface area (TPSA) is 87.5 Å². The third-order valence-corrected chi connectivity index (χ3v) is 5.30. The lowest BCUT2D eigenvalue weighted by Crippen LogP contribution is -2.34. The molecule has 0 radical (unpaired) electrons. The Morgan fingerprint density at radius 1 is 1.17 bits per heavy atom. The molecule has 1 unspecified atom stereocenters. The molecule has 29 heavy (non-hydrogen) atoms. The minimum atomic E-state index is -0.495. The zero-order chi connectivity index (χ0) is 20.0. The van der Waals surface area contributed by atoms with Gasteiger partial charge in [0.25, 0.3) is 5.91 Å². The normalized spacial score (nSPS) is 19.1. The van der Waals surface area contributed by atoms with Crippen molar-refractivity contribution in [3.05, 3.63) is 47.9 Å². The Morgan fingerprint density at radius 3 is 2.72 bits per heavy atom. The average molecular weight is 395 g/mol. The molecule has 1 amide bonds. The van der Waals surface area contributed by atoms with E-state index in [1.165, 1.54) is 31.3 Å². The molecule has 2 fully saturated rings. The van der Waals surface area contributed by atoms with Crippen molar-refractivity contribution in [2.75, 3.05) is 23.3 Å². The first-order valence-corrected chi connectivity index (χ1v) is 9.84. The number of amides is 1. The maximum absolute atomic E-state index is 14.2. The molecule has 0 aromatic carbocycles. The number of aromatic nitrogens is 4. The third kappa shape index (κ3) is 3.77. The molecule has 4 heterocycles. The fourth-order valence-corrected chi connectivity index (χ4v) is 3.71. The lowest BCUT2D eigenvalue weighted by molar-refractivity contribution is 0.102. The monoisotopic (exact) mass is 395 g/mol. The number of carbonyl (C=O) groups is 1. The highest BCUT2D eigenvalue weighted by atomic mass is 19.1. The molecule has 8 nitrogen and oxygen atoms in total. The van der Waals surface area contributed by atoms with Gasteiger partial charge in [0, 0.05) is 56.0 Å². The van der Waals surface area contributed by atoms with Crippen molar-refractivity contribution in [2.45, 2.75) is 38.3 Å². The van der Waals surface area contributed by atoms with Crippen LogP contribution in [0, 0.1) is 12.7 Å². The van der Waals surface area contributed by atoms with E-state index >= 15 is 0 Å². The number of aryl methyl sites for hydroxylation is 1.